The van der Waals surface area contributed by atoms with Gasteiger partial charge < -0.3 is 10.4 Å². The number of rotatable bonds is 6. The number of nitrogens with one attached hydrogen (secondary N) is 1. The van der Waals surface area contributed by atoms with Crippen molar-refractivity contribution in [3.63, 3.8) is 0 Å². The highest BCUT2D eigenvalue weighted by molar-refractivity contribution is 5.66. The monoisotopic (exact) mass is 227 g/mol. The summed E-state index contributed by atoms with van der Waals surface area (Å²) in [4.78, 5) is 10.5. The Morgan fingerprint density at radius 2 is 2.25 bits per heavy atom. The second kappa shape index (κ2) is 6.89. The van der Waals surface area contributed by atoms with Crippen molar-refractivity contribution in [1.82, 2.24) is 5.32 Å². The quantitative estimate of drug-likeness (QED) is 0.733. The summed E-state index contributed by atoms with van der Waals surface area (Å²) < 4.78 is 0. The van der Waals surface area contributed by atoms with Crippen molar-refractivity contribution in [2.24, 2.45) is 5.92 Å². The molecule has 2 N–H and O–H groups in total. The molecule has 0 heterocycles. The average Bonchev–Trinajstić information content (AvgIpc) is 2.26. The van der Waals surface area contributed by atoms with Crippen LogP contribution in [0.15, 0.2) is 0 Å². The Balaban J connectivity index is 2.22. The lowest BCUT2D eigenvalue weighted by molar-refractivity contribution is -0.137. The van der Waals surface area contributed by atoms with Crippen molar-refractivity contribution in [2.75, 3.05) is 0 Å². The van der Waals surface area contributed by atoms with Crippen LogP contribution in [-0.2, 0) is 4.79 Å². The third-order valence-electron chi connectivity index (χ3n) is 3.67. The van der Waals surface area contributed by atoms with Crippen LogP contribution in [0.2, 0.25) is 0 Å². The summed E-state index contributed by atoms with van der Waals surface area (Å²) in [5.74, 6) is 0.182. The van der Waals surface area contributed by atoms with Crippen LogP contribution >= 0.6 is 0 Å². The van der Waals surface area contributed by atoms with E-state index < -0.39 is 5.97 Å². The van der Waals surface area contributed by atoms with Gasteiger partial charge in [0, 0.05) is 18.5 Å². The molecule has 0 amide bonds. The molecule has 3 unspecified atom stereocenters. The van der Waals surface area contributed by atoms with Gasteiger partial charge in [0.1, 0.15) is 0 Å². The van der Waals surface area contributed by atoms with Crippen molar-refractivity contribution < 1.29 is 9.90 Å². The lowest BCUT2D eigenvalue weighted by Gasteiger charge is -2.31. The van der Waals surface area contributed by atoms with E-state index in [1.165, 1.54) is 32.1 Å². The van der Waals surface area contributed by atoms with Gasteiger partial charge in [0.2, 0.25) is 0 Å². The van der Waals surface area contributed by atoms with E-state index >= 15 is 0 Å². The minimum Gasteiger partial charge on any atom is -0.481 e. The first-order valence-electron chi connectivity index (χ1n) is 6.59. The molecule has 0 aromatic carbocycles. The molecule has 0 radical (unpaired) electrons. The van der Waals surface area contributed by atoms with Gasteiger partial charge in [-0.05, 0) is 32.1 Å². The molecule has 1 aliphatic rings. The van der Waals surface area contributed by atoms with Gasteiger partial charge in [0.15, 0.2) is 0 Å². The van der Waals surface area contributed by atoms with E-state index in [1.807, 2.05) is 0 Å². The maximum Gasteiger partial charge on any atom is 0.303 e. The number of carbonyl (C=O) groups is 1. The molecular formula is C13H25NO2. The highest BCUT2D eigenvalue weighted by atomic mass is 16.4. The molecular weight excluding hydrogens is 202 g/mol. The van der Waals surface area contributed by atoms with E-state index in [4.69, 9.17) is 5.11 Å². The van der Waals surface area contributed by atoms with Crippen LogP contribution in [0.5, 0.6) is 0 Å². The summed E-state index contributed by atoms with van der Waals surface area (Å²) in [5, 5.41) is 12.2. The Morgan fingerprint density at radius 3 is 2.88 bits per heavy atom. The lowest BCUT2D eigenvalue weighted by atomic mass is 9.84. The predicted molar refractivity (Wildman–Crippen MR) is 65.5 cm³/mol. The fourth-order valence-corrected chi connectivity index (χ4v) is 2.64. The molecule has 0 bridgehead atoms. The van der Waals surface area contributed by atoms with Crippen molar-refractivity contribution in [2.45, 2.75) is 70.9 Å². The summed E-state index contributed by atoms with van der Waals surface area (Å²) in [6.07, 6.45) is 7.52. The molecule has 3 heteroatoms. The van der Waals surface area contributed by atoms with Gasteiger partial charge in [0.25, 0.3) is 0 Å². The highest BCUT2D eigenvalue weighted by Gasteiger charge is 2.21. The molecule has 3 atom stereocenters. The molecule has 0 saturated heterocycles. The summed E-state index contributed by atoms with van der Waals surface area (Å²) in [6.45, 7) is 4.36. The van der Waals surface area contributed by atoms with E-state index in [1.54, 1.807) is 0 Å². The number of carboxylic acid groups (broad SMARTS) is 1. The van der Waals surface area contributed by atoms with Gasteiger partial charge in [-0.15, -0.1) is 0 Å². The molecule has 0 aliphatic heterocycles. The second-order valence-electron chi connectivity index (χ2n) is 5.14. The molecule has 16 heavy (non-hydrogen) atoms. The average molecular weight is 227 g/mol. The largest absolute Gasteiger partial charge is 0.481 e. The summed E-state index contributed by atoms with van der Waals surface area (Å²) in [6, 6.07) is 0.944. The molecule has 0 aromatic heterocycles. The second-order valence-corrected chi connectivity index (χ2v) is 5.14. The van der Waals surface area contributed by atoms with Crippen molar-refractivity contribution in [3.05, 3.63) is 0 Å². The zero-order chi connectivity index (χ0) is 12.0. The summed E-state index contributed by atoms with van der Waals surface area (Å²) >= 11 is 0. The summed E-state index contributed by atoms with van der Waals surface area (Å²) in [5.41, 5.74) is 0. The molecule has 3 nitrogen and oxygen atoms in total. The van der Waals surface area contributed by atoms with E-state index in [-0.39, 0.29) is 6.42 Å². The van der Waals surface area contributed by atoms with Crippen LogP contribution < -0.4 is 5.32 Å². The Labute approximate surface area is 98.6 Å². The molecule has 1 aliphatic carbocycles. The molecule has 94 valence electrons. The Hall–Kier alpha value is -0.570. The van der Waals surface area contributed by atoms with E-state index in [9.17, 15) is 4.79 Å². The fraction of sp³-hybridized carbons (Fsp3) is 0.923. The Morgan fingerprint density at radius 1 is 1.50 bits per heavy atom. The van der Waals surface area contributed by atoms with Crippen LogP contribution in [0.3, 0.4) is 0 Å². The topological polar surface area (TPSA) is 49.3 Å². The number of carboxylic acids is 1. The van der Waals surface area contributed by atoms with Gasteiger partial charge >= 0.3 is 5.97 Å². The zero-order valence-electron chi connectivity index (χ0n) is 10.5. The highest BCUT2D eigenvalue weighted by Crippen LogP contribution is 2.26. The molecule has 1 saturated carbocycles. The molecule has 0 aromatic rings. The number of hydrogen-bond acceptors (Lipinski definition) is 2. The molecule has 0 spiro atoms. The normalized spacial score (nSPS) is 27.6. The maximum atomic E-state index is 10.5. The Bertz CT molecular complexity index is 218. The fourth-order valence-electron chi connectivity index (χ4n) is 2.64. The van der Waals surface area contributed by atoms with Crippen molar-refractivity contribution in [1.29, 1.82) is 0 Å². The van der Waals surface area contributed by atoms with Gasteiger partial charge in [0.05, 0.1) is 0 Å². The van der Waals surface area contributed by atoms with Gasteiger partial charge in [-0.2, -0.15) is 0 Å². The van der Waals surface area contributed by atoms with Crippen LogP contribution in [0, 0.1) is 5.92 Å². The SMILES string of the molecule is CCC1CCCC(NC(C)CCC(=O)O)C1. The zero-order valence-corrected chi connectivity index (χ0v) is 10.5. The van der Waals surface area contributed by atoms with E-state index in [0.717, 1.165) is 12.3 Å². The minimum absolute atomic E-state index is 0.276. The number of hydrogen-bond donors (Lipinski definition) is 2. The van der Waals surface area contributed by atoms with Gasteiger partial charge in [-0.1, -0.05) is 26.2 Å². The van der Waals surface area contributed by atoms with Crippen molar-refractivity contribution in [3.8, 4) is 0 Å². The summed E-state index contributed by atoms with van der Waals surface area (Å²) in [7, 11) is 0. The van der Waals surface area contributed by atoms with Crippen molar-refractivity contribution >= 4 is 5.97 Å². The van der Waals surface area contributed by atoms with E-state index in [0.29, 0.717) is 12.1 Å². The number of aliphatic carboxylic acids is 1. The first-order chi connectivity index (χ1) is 7.61. The lowest BCUT2D eigenvalue weighted by Crippen LogP contribution is -2.39. The first kappa shape index (κ1) is 13.5. The maximum absolute atomic E-state index is 10.5. The third-order valence-corrected chi connectivity index (χ3v) is 3.67. The standard InChI is InChI=1S/C13H25NO2/c1-3-11-5-4-6-12(9-11)14-10(2)7-8-13(15)16/h10-12,14H,3-9H2,1-2H3,(H,15,16). The van der Waals surface area contributed by atoms with Crippen LogP contribution in [-0.4, -0.2) is 23.2 Å². The van der Waals surface area contributed by atoms with Crippen LogP contribution in [0.1, 0.15) is 58.8 Å². The van der Waals surface area contributed by atoms with Crippen LogP contribution in [0.25, 0.3) is 0 Å². The van der Waals surface area contributed by atoms with Gasteiger partial charge in [-0.25, -0.2) is 0 Å². The Kier molecular flexibility index (Phi) is 5.81. The predicted octanol–water partition coefficient (Wildman–Crippen LogP) is 2.80. The van der Waals surface area contributed by atoms with E-state index in [2.05, 4.69) is 19.2 Å². The minimum atomic E-state index is -0.691. The first-order valence-corrected chi connectivity index (χ1v) is 6.59. The van der Waals surface area contributed by atoms with Crippen LogP contribution in [0.4, 0.5) is 0 Å². The third kappa shape index (κ3) is 4.97. The molecule has 1 rings (SSSR count). The molecule has 1 fully saturated rings. The smallest absolute Gasteiger partial charge is 0.303 e. The van der Waals surface area contributed by atoms with Gasteiger partial charge in [-0.3, -0.25) is 4.79 Å².